The number of likely N-dealkylation sites (N-methyl/N-ethyl adjacent to an activating group) is 1. The van der Waals surface area contributed by atoms with Gasteiger partial charge in [0.15, 0.2) is 6.61 Å². The zero-order chi connectivity index (χ0) is 21.2. The van der Waals surface area contributed by atoms with Crippen LogP contribution in [0.15, 0.2) is 53.4 Å². The Kier molecular flexibility index (Phi) is 8.47. The average Bonchev–Trinajstić information content (AvgIpc) is 2.72. The Morgan fingerprint density at radius 2 is 1.76 bits per heavy atom. The number of nitro benzene ring substituents is 1. The van der Waals surface area contributed by atoms with Gasteiger partial charge in [-0.25, -0.2) is 0 Å². The standard InChI is InChI=1S/C20H22N2O6S/c1-3-27-17-8-4-15(5-9-17)12-21(2)19(23)13-28-20(24)14-29-18-10-6-16(7-11-18)22(25)26/h4-11H,3,12-14H2,1-2H3. The number of hydrogen-bond donors (Lipinski definition) is 0. The molecule has 0 N–H and O–H groups in total. The predicted octanol–water partition coefficient (Wildman–Crippen LogP) is 3.29. The molecule has 0 saturated carbocycles. The summed E-state index contributed by atoms with van der Waals surface area (Å²) >= 11 is 1.18. The third-order valence-corrected chi connectivity index (χ3v) is 4.83. The summed E-state index contributed by atoms with van der Waals surface area (Å²) < 4.78 is 10.4. The van der Waals surface area contributed by atoms with Crippen LogP contribution in [0, 0.1) is 10.1 Å². The number of esters is 1. The number of amides is 1. The zero-order valence-corrected chi connectivity index (χ0v) is 17.0. The van der Waals surface area contributed by atoms with Crippen LogP contribution in [-0.2, 0) is 20.9 Å². The van der Waals surface area contributed by atoms with Crippen molar-refractivity contribution in [3.8, 4) is 5.75 Å². The maximum Gasteiger partial charge on any atom is 0.316 e. The quantitative estimate of drug-likeness (QED) is 0.253. The van der Waals surface area contributed by atoms with Crippen molar-refractivity contribution in [3.05, 3.63) is 64.2 Å². The maximum absolute atomic E-state index is 12.2. The molecule has 0 unspecified atom stereocenters. The third-order valence-electron chi connectivity index (χ3n) is 3.84. The molecule has 0 spiro atoms. The van der Waals surface area contributed by atoms with E-state index in [9.17, 15) is 19.7 Å². The van der Waals surface area contributed by atoms with Gasteiger partial charge in [0, 0.05) is 30.6 Å². The van der Waals surface area contributed by atoms with Gasteiger partial charge in [-0.3, -0.25) is 19.7 Å². The van der Waals surface area contributed by atoms with E-state index < -0.39 is 10.9 Å². The number of hydrogen-bond acceptors (Lipinski definition) is 7. The van der Waals surface area contributed by atoms with Crippen molar-refractivity contribution in [2.75, 3.05) is 26.0 Å². The minimum absolute atomic E-state index is 0.00763. The topological polar surface area (TPSA) is 99.0 Å². The van der Waals surface area contributed by atoms with Gasteiger partial charge in [-0.05, 0) is 36.8 Å². The first kappa shape index (κ1) is 22.2. The van der Waals surface area contributed by atoms with Gasteiger partial charge in [0.25, 0.3) is 11.6 Å². The van der Waals surface area contributed by atoms with E-state index in [0.717, 1.165) is 11.3 Å². The predicted molar refractivity (Wildman–Crippen MR) is 109 cm³/mol. The van der Waals surface area contributed by atoms with Crippen molar-refractivity contribution in [3.63, 3.8) is 0 Å². The van der Waals surface area contributed by atoms with Gasteiger partial charge in [0.2, 0.25) is 0 Å². The third kappa shape index (κ3) is 7.46. The average molecular weight is 418 g/mol. The highest BCUT2D eigenvalue weighted by Crippen LogP contribution is 2.21. The lowest BCUT2D eigenvalue weighted by molar-refractivity contribution is -0.384. The lowest BCUT2D eigenvalue weighted by atomic mass is 10.2. The van der Waals surface area contributed by atoms with Crippen LogP contribution in [0.4, 0.5) is 5.69 Å². The molecule has 154 valence electrons. The lowest BCUT2D eigenvalue weighted by Gasteiger charge is -2.17. The summed E-state index contributed by atoms with van der Waals surface area (Å²) in [5.41, 5.74) is 0.919. The molecule has 2 rings (SSSR count). The summed E-state index contributed by atoms with van der Waals surface area (Å²) in [4.78, 5) is 36.3. The Hall–Kier alpha value is -3.07. The van der Waals surface area contributed by atoms with E-state index in [1.807, 2.05) is 31.2 Å². The highest BCUT2D eigenvalue weighted by molar-refractivity contribution is 8.00. The smallest absolute Gasteiger partial charge is 0.316 e. The van der Waals surface area contributed by atoms with Crippen LogP contribution < -0.4 is 4.74 Å². The molecule has 0 atom stereocenters. The van der Waals surface area contributed by atoms with E-state index >= 15 is 0 Å². The summed E-state index contributed by atoms with van der Waals surface area (Å²) in [6.07, 6.45) is 0. The van der Waals surface area contributed by atoms with E-state index in [0.29, 0.717) is 18.0 Å². The molecule has 8 nitrogen and oxygen atoms in total. The van der Waals surface area contributed by atoms with Gasteiger partial charge in [0.1, 0.15) is 5.75 Å². The highest BCUT2D eigenvalue weighted by Gasteiger charge is 2.13. The van der Waals surface area contributed by atoms with Crippen LogP contribution >= 0.6 is 11.8 Å². The van der Waals surface area contributed by atoms with Crippen molar-refractivity contribution in [2.24, 2.45) is 0 Å². The van der Waals surface area contributed by atoms with Gasteiger partial charge in [-0.15, -0.1) is 11.8 Å². The van der Waals surface area contributed by atoms with Gasteiger partial charge in [0.05, 0.1) is 17.3 Å². The molecule has 9 heteroatoms. The van der Waals surface area contributed by atoms with Crippen LogP contribution in [0.2, 0.25) is 0 Å². The van der Waals surface area contributed by atoms with Gasteiger partial charge >= 0.3 is 5.97 Å². The molecule has 0 aliphatic heterocycles. The van der Waals surface area contributed by atoms with Crippen LogP contribution in [0.5, 0.6) is 5.75 Å². The Labute approximate surface area is 172 Å². The zero-order valence-electron chi connectivity index (χ0n) is 16.2. The second kappa shape index (κ2) is 11.1. The van der Waals surface area contributed by atoms with Crippen molar-refractivity contribution >= 4 is 29.3 Å². The molecule has 2 aromatic carbocycles. The number of nitro groups is 1. The minimum Gasteiger partial charge on any atom is -0.494 e. The second-order valence-electron chi connectivity index (χ2n) is 6.03. The Balaban J connectivity index is 1.72. The van der Waals surface area contributed by atoms with E-state index in [2.05, 4.69) is 0 Å². The van der Waals surface area contributed by atoms with Crippen molar-refractivity contribution in [1.29, 1.82) is 0 Å². The van der Waals surface area contributed by atoms with Crippen LogP contribution in [0.25, 0.3) is 0 Å². The molecular weight excluding hydrogens is 396 g/mol. The van der Waals surface area contributed by atoms with Crippen LogP contribution in [0.3, 0.4) is 0 Å². The van der Waals surface area contributed by atoms with E-state index in [1.165, 1.54) is 28.8 Å². The number of rotatable bonds is 10. The second-order valence-corrected chi connectivity index (χ2v) is 7.08. The largest absolute Gasteiger partial charge is 0.494 e. The molecular formula is C20H22N2O6S. The number of carbonyl (C=O) groups is 2. The molecule has 0 radical (unpaired) electrons. The fraction of sp³-hybridized carbons (Fsp3) is 0.300. The Morgan fingerprint density at radius 3 is 2.34 bits per heavy atom. The van der Waals surface area contributed by atoms with Gasteiger partial charge in [-0.1, -0.05) is 12.1 Å². The van der Waals surface area contributed by atoms with E-state index in [1.54, 1.807) is 19.2 Å². The van der Waals surface area contributed by atoms with Gasteiger partial charge in [-0.2, -0.15) is 0 Å². The van der Waals surface area contributed by atoms with E-state index in [-0.39, 0.29) is 24.0 Å². The highest BCUT2D eigenvalue weighted by atomic mass is 32.2. The molecule has 0 aliphatic rings. The van der Waals surface area contributed by atoms with Crippen molar-refractivity contribution < 1.29 is 24.0 Å². The fourth-order valence-electron chi connectivity index (χ4n) is 2.32. The van der Waals surface area contributed by atoms with E-state index in [4.69, 9.17) is 9.47 Å². The Bertz CT molecular complexity index is 839. The number of non-ortho nitro benzene ring substituents is 1. The lowest BCUT2D eigenvalue weighted by Crippen LogP contribution is -2.31. The molecule has 0 heterocycles. The summed E-state index contributed by atoms with van der Waals surface area (Å²) in [6.45, 7) is 2.55. The van der Waals surface area contributed by atoms with Crippen molar-refractivity contribution in [2.45, 2.75) is 18.4 Å². The molecule has 0 aromatic heterocycles. The monoisotopic (exact) mass is 418 g/mol. The summed E-state index contributed by atoms with van der Waals surface area (Å²) in [5.74, 6) is -0.0679. The molecule has 2 aromatic rings. The SMILES string of the molecule is CCOc1ccc(CN(C)C(=O)COC(=O)CSc2ccc([N+](=O)[O-])cc2)cc1. The first-order valence-corrected chi connectivity index (χ1v) is 9.86. The normalized spacial score (nSPS) is 10.3. The number of carbonyl (C=O) groups excluding carboxylic acids is 2. The summed E-state index contributed by atoms with van der Waals surface area (Å²) in [7, 11) is 1.64. The minimum atomic E-state index is -0.531. The molecule has 1 amide bonds. The fourth-order valence-corrected chi connectivity index (χ4v) is 3.02. The summed E-state index contributed by atoms with van der Waals surface area (Å²) in [5, 5.41) is 10.6. The van der Waals surface area contributed by atoms with Crippen LogP contribution in [-0.4, -0.2) is 47.7 Å². The molecule has 29 heavy (non-hydrogen) atoms. The number of ether oxygens (including phenoxy) is 2. The number of nitrogens with zero attached hydrogens (tertiary/aromatic N) is 2. The molecule has 0 bridgehead atoms. The Morgan fingerprint density at radius 1 is 1.10 bits per heavy atom. The molecule has 0 aliphatic carbocycles. The van der Waals surface area contributed by atoms with Gasteiger partial charge < -0.3 is 14.4 Å². The number of benzene rings is 2. The first-order chi connectivity index (χ1) is 13.9. The first-order valence-electron chi connectivity index (χ1n) is 8.87. The maximum atomic E-state index is 12.2. The molecule has 0 fully saturated rings. The van der Waals surface area contributed by atoms with Crippen LogP contribution in [0.1, 0.15) is 12.5 Å². The summed E-state index contributed by atoms with van der Waals surface area (Å²) in [6, 6.07) is 13.3. The number of thioether (sulfide) groups is 1. The van der Waals surface area contributed by atoms with Crippen molar-refractivity contribution in [1.82, 2.24) is 4.90 Å². The molecule has 0 saturated heterocycles.